The van der Waals surface area contributed by atoms with Gasteiger partial charge in [0.15, 0.2) is 0 Å². The quantitative estimate of drug-likeness (QED) is 0.897. The van der Waals surface area contributed by atoms with Crippen LogP contribution in [0, 0.1) is 18.3 Å². The average Bonchev–Trinajstić information content (AvgIpc) is 2.40. The molecule has 1 heterocycles. The molecule has 1 N–H and O–H groups in total. The van der Waals surface area contributed by atoms with Gasteiger partial charge in [-0.2, -0.15) is 0 Å². The smallest absolute Gasteiger partial charge is 0.0527 e. The lowest BCUT2D eigenvalue weighted by atomic mass is 9.62. The zero-order valence-corrected chi connectivity index (χ0v) is 12.7. The van der Waals surface area contributed by atoms with Crippen LogP contribution in [0.1, 0.15) is 37.3 Å². The van der Waals surface area contributed by atoms with Crippen molar-refractivity contribution in [2.75, 3.05) is 26.8 Å². The SMILES string of the molecule is COCC1(C(C)C)CCNCC1c1ccc(C)cc1. The molecule has 1 aromatic carbocycles. The van der Waals surface area contributed by atoms with Crippen LogP contribution < -0.4 is 5.32 Å². The molecule has 0 aliphatic carbocycles. The summed E-state index contributed by atoms with van der Waals surface area (Å²) in [6, 6.07) is 9.03. The van der Waals surface area contributed by atoms with Crippen molar-refractivity contribution in [3.05, 3.63) is 35.4 Å². The zero-order valence-electron chi connectivity index (χ0n) is 12.7. The second kappa shape index (κ2) is 6.06. The third kappa shape index (κ3) is 2.85. The lowest BCUT2D eigenvalue weighted by Gasteiger charge is -2.47. The molecule has 1 fully saturated rings. The van der Waals surface area contributed by atoms with Gasteiger partial charge in [-0.15, -0.1) is 0 Å². The third-order valence-corrected chi connectivity index (χ3v) is 4.85. The third-order valence-electron chi connectivity index (χ3n) is 4.85. The minimum absolute atomic E-state index is 0.259. The van der Waals surface area contributed by atoms with E-state index in [1.54, 1.807) is 0 Å². The molecule has 2 nitrogen and oxygen atoms in total. The summed E-state index contributed by atoms with van der Waals surface area (Å²) in [5.41, 5.74) is 3.04. The lowest BCUT2D eigenvalue weighted by molar-refractivity contribution is -0.00000507. The van der Waals surface area contributed by atoms with Gasteiger partial charge in [0.05, 0.1) is 6.61 Å². The molecule has 0 spiro atoms. The summed E-state index contributed by atoms with van der Waals surface area (Å²) in [6.07, 6.45) is 1.19. The first-order valence-corrected chi connectivity index (χ1v) is 7.36. The number of hydrogen-bond donors (Lipinski definition) is 1. The summed E-state index contributed by atoms with van der Waals surface area (Å²) < 4.78 is 5.59. The van der Waals surface area contributed by atoms with E-state index in [1.807, 2.05) is 7.11 Å². The molecular weight excluding hydrogens is 234 g/mol. The second-order valence-electron chi connectivity index (χ2n) is 6.24. The Morgan fingerprint density at radius 3 is 2.58 bits per heavy atom. The predicted molar refractivity (Wildman–Crippen MR) is 80.6 cm³/mol. The fraction of sp³-hybridized carbons (Fsp3) is 0.647. The first kappa shape index (κ1) is 14.5. The maximum Gasteiger partial charge on any atom is 0.0527 e. The van der Waals surface area contributed by atoms with Gasteiger partial charge >= 0.3 is 0 Å². The van der Waals surface area contributed by atoms with Crippen molar-refractivity contribution in [1.29, 1.82) is 0 Å². The van der Waals surface area contributed by atoms with Crippen molar-refractivity contribution in [2.24, 2.45) is 11.3 Å². The van der Waals surface area contributed by atoms with Crippen LogP contribution in [0.2, 0.25) is 0 Å². The molecule has 1 aliphatic rings. The zero-order chi connectivity index (χ0) is 13.9. The van der Waals surface area contributed by atoms with Gasteiger partial charge in [0.2, 0.25) is 0 Å². The highest BCUT2D eigenvalue weighted by molar-refractivity contribution is 5.28. The summed E-state index contributed by atoms with van der Waals surface area (Å²) in [4.78, 5) is 0. The van der Waals surface area contributed by atoms with E-state index in [-0.39, 0.29) is 5.41 Å². The van der Waals surface area contributed by atoms with Crippen molar-refractivity contribution in [1.82, 2.24) is 5.32 Å². The van der Waals surface area contributed by atoms with Crippen LogP contribution >= 0.6 is 0 Å². The molecule has 1 aliphatic heterocycles. The number of nitrogens with one attached hydrogen (secondary N) is 1. The van der Waals surface area contributed by atoms with Crippen LogP contribution in [0.5, 0.6) is 0 Å². The average molecular weight is 261 g/mol. The van der Waals surface area contributed by atoms with Crippen LogP contribution in [-0.2, 0) is 4.74 Å². The van der Waals surface area contributed by atoms with Crippen LogP contribution in [0.4, 0.5) is 0 Å². The second-order valence-corrected chi connectivity index (χ2v) is 6.24. The molecule has 0 saturated carbocycles. The molecule has 0 radical (unpaired) electrons. The molecule has 1 saturated heterocycles. The van der Waals surface area contributed by atoms with Crippen LogP contribution in [0.25, 0.3) is 0 Å². The van der Waals surface area contributed by atoms with E-state index < -0.39 is 0 Å². The molecule has 2 heteroatoms. The molecule has 1 aromatic rings. The highest BCUT2D eigenvalue weighted by Gasteiger charge is 2.43. The normalized spacial score (nSPS) is 27.7. The molecule has 2 atom stereocenters. The highest BCUT2D eigenvalue weighted by Crippen LogP contribution is 2.46. The Morgan fingerprint density at radius 2 is 2.00 bits per heavy atom. The summed E-state index contributed by atoms with van der Waals surface area (Å²) in [5.74, 6) is 1.17. The summed E-state index contributed by atoms with van der Waals surface area (Å²) in [5, 5.41) is 3.56. The largest absolute Gasteiger partial charge is 0.384 e. The van der Waals surface area contributed by atoms with E-state index in [0.717, 1.165) is 19.7 Å². The molecule has 0 amide bonds. The standard InChI is InChI=1S/C17H27NO/c1-13(2)17(12-19-4)9-10-18-11-16(17)15-7-5-14(3)6-8-15/h5-8,13,16,18H,9-12H2,1-4H3. The molecule has 19 heavy (non-hydrogen) atoms. The van der Waals surface area contributed by atoms with E-state index in [1.165, 1.54) is 17.5 Å². The Bertz CT molecular complexity index is 394. The number of hydrogen-bond acceptors (Lipinski definition) is 2. The van der Waals surface area contributed by atoms with Crippen LogP contribution in [-0.4, -0.2) is 26.8 Å². The number of methoxy groups -OCH3 is 1. The van der Waals surface area contributed by atoms with Gasteiger partial charge in [0.25, 0.3) is 0 Å². The highest BCUT2D eigenvalue weighted by atomic mass is 16.5. The van der Waals surface area contributed by atoms with Crippen molar-refractivity contribution >= 4 is 0 Å². The maximum absolute atomic E-state index is 5.59. The Hall–Kier alpha value is -0.860. The fourth-order valence-corrected chi connectivity index (χ4v) is 3.49. The Balaban J connectivity index is 2.35. The van der Waals surface area contributed by atoms with Crippen molar-refractivity contribution in [2.45, 2.75) is 33.1 Å². The van der Waals surface area contributed by atoms with Gasteiger partial charge < -0.3 is 10.1 Å². The molecule has 0 bridgehead atoms. The topological polar surface area (TPSA) is 21.3 Å². The van der Waals surface area contributed by atoms with Gasteiger partial charge in [0, 0.05) is 25.0 Å². The minimum Gasteiger partial charge on any atom is -0.384 e. The molecule has 2 unspecified atom stereocenters. The van der Waals surface area contributed by atoms with Gasteiger partial charge in [-0.25, -0.2) is 0 Å². The Morgan fingerprint density at radius 1 is 1.32 bits per heavy atom. The van der Waals surface area contributed by atoms with E-state index in [4.69, 9.17) is 4.74 Å². The molecule has 2 rings (SSSR count). The van der Waals surface area contributed by atoms with Gasteiger partial charge in [-0.1, -0.05) is 43.7 Å². The molecular formula is C17H27NO. The lowest BCUT2D eigenvalue weighted by Crippen LogP contribution is -2.49. The Labute approximate surface area is 117 Å². The van der Waals surface area contributed by atoms with Gasteiger partial charge in [0.1, 0.15) is 0 Å². The first-order valence-electron chi connectivity index (χ1n) is 7.36. The fourth-order valence-electron chi connectivity index (χ4n) is 3.49. The van der Waals surface area contributed by atoms with Crippen LogP contribution in [0.3, 0.4) is 0 Å². The van der Waals surface area contributed by atoms with E-state index in [0.29, 0.717) is 11.8 Å². The number of aryl methyl sites for hydroxylation is 1. The number of rotatable bonds is 4. The maximum atomic E-state index is 5.59. The van der Waals surface area contributed by atoms with Crippen molar-refractivity contribution in [3.63, 3.8) is 0 Å². The van der Waals surface area contributed by atoms with E-state index >= 15 is 0 Å². The molecule has 106 valence electrons. The van der Waals surface area contributed by atoms with E-state index in [2.05, 4.69) is 50.4 Å². The van der Waals surface area contributed by atoms with Gasteiger partial charge in [-0.05, 0) is 31.4 Å². The first-order chi connectivity index (χ1) is 9.10. The summed E-state index contributed by atoms with van der Waals surface area (Å²) in [6.45, 7) is 9.84. The van der Waals surface area contributed by atoms with Crippen LogP contribution in [0.15, 0.2) is 24.3 Å². The number of piperidine rings is 1. The summed E-state index contributed by atoms with van der Waals surface area (Å²) >= 11 is 0. The monoisotopic (exact) mass is 261 g/mol. The van der Waals surface area contributed by atoms with E-state index in [9.17, 15) is 0 Å². The summed E-state index contributed by atoms with van der Waals surface area (Å²) in [7, 11) is 1.83. The van der Waals surface area contributed by atoms with Crippen molar-refractivity contribution < 1.29 is 4.74 Å². The predicted octanol–water partition coefficient (Wildman–Crippen LogP) is 3.36. The minimum atomic E-state index is 0.259. The Kier molecular flexibility index (Phi) is 4.64. The van der Waals surface area contributed by atoms with Crippen molar-refractivity contribution in [3.8, 4) is 0 Å². The van der Waals surface area contributed by atoms with Gasteiger partial charge in [-0.3, -0.25) is 0 Å². The molecule has 0 aromatic heterocycles. The number of ether oxygens (including phenoxy) is 1. The number of benzene rings is 1.